The van der Waals surface area contributed by atoms with E-state index in [-0.39, 0.29) is 6.54 Å². The van der Waals surface area contributed by atoms with Crippen molar-refractivity contribution in [2.24, 2.45) is 0 Å². The predicted octanol–water partition coefficient (Wildman–Crippen LogP) is -0.622. The van der Waals surface area contributed by atoms with E-state index in [1.807, 2.05) is 0 Å². The van der Waals surface area contributed by atoms with Gasteiger partial charge in [-0.1, -0.05) is 0 Å². The summed E-state index contributed by atoms with van der Waals surface area (Å²) in [6.07, 6.45) is -0.545. The van der Waals surface area contributed by atoms with Crippen molar-refractivity contribution in [3.63, 3.8) is 0 Å². The minimum atomic E-state index is -1.10. The fourth-order valence-electron chi connectivity index (χ4n) is 0.748. The molecule has 0 aliphatic rings. The monoisotopic (exact) mass is 220 g/mol. The molecule has 0 saturated heterocycles. The van der Waals surface area contributed by atoms with Crippen LogP contribution in [-0.4, -0.2) is 50.2 Å². The maximum absolute atomic E-state index is 11.1. The number of amides is 2. The Kier molecular flexibility index (Phi) is 6.39. The molecule has 0 unspecified atom stereocenters. The molecule has 1 atom stereocenters. The van der Waals surface area contributed by atoms with E-state index in [1.54, 1.807) is 0 Å². The summed E-state index contributed by atoms with van der Waals surface area (Å²) in [5.74, 6) is -1.10. The molecule has 0 fully saturated rings. The first kappa shape index (κ1) is 13.7. The van der Waals surface area contributed by atoms with Gasteiger partial charge in [0.1, 0.15) is 6.04 Å². The molecule has 0 saturated carbocycles. The number of nitrogens with one attached hydrogen (secondary N) is 2. The van der Waals surface area contributed by atoms with Crippen molar-refractivity contribution in [2.75, 3.05) is 20.8 Å². The van der Waals surface area contributed by atoms with Gasteiger partial charge in [-0.2, -0.15) is 0 Å². The van der Waals surface area contributed by atoms with Crippen molar-refractivity contribution in [1.82, 2.24) is 10.6 Å². The minimum absolute atomic E-state index is 0.144. The first-order valence-corrected chi connectivity index (χ1v) is 4.34. The number of rotatable bonds is 6. The molecule has 0 aliphatic carbocycles. The number of urea groups is 1. The second-order valence-electron chi connectivity index (χ2n) is 2.82. The first-order chi connectivity index (χ1) is 7.01. The molecule has 0 bridgehead atoms. The SMILES string of the molecule is COC(CNC(=O)N[C@@H](C)C(=O)O)OC. The van der Waals surface area contributed by atoms with Gasteiger partial charge in [-0.25, -0.2) is 4.79 Å². The van der Waals surface area contributed by atoms with Gasteiger partial charge in [-0.05, 0) is 6.92 Å². The van der Waals surface area contributed by atoms with Crippen molar-refractivity contribution in [3.05, 3.63) is 0 Å². The Morgan fingerprint density at radius 3 is 2.27 bits per heavy atom. The Morgan fingerprint density at radius 2 is 1.87 bits per heavy atom. The van der Waals surface area contributed by atoms with Gasteiger partial charge in [-0.3, -0.25) is 4.79 Å². The van der Waals surface area contributed by atoms with E-state index in [1.165, 1.54) is 21.1 Å². The number of hydrogen-bond donors (Lipinski definition) is 3. The van der Waals surface area contributed by atoms with Gasteiger partial charge in [0.05, 0.1) is 6.54 Å². The maximum Gasteiger partial charge on any atom is 0.325 e. The molecule has 88 valence electrons. The number of methoxy groups -OCH3 is 2. The molecule has 0 rings (SSSR count). The fourth-order valence-corrected chi connectivity index (χ4v) is 0.748. The molecule has 7 nitrogen and oxygen atoms in total. The molecule has 0 radical (unpaired) electrons. The number of hydrogen-bond acceptors (Lipinski definition) is 4. The highest BCUT2D eigenvalue weighted by molar-refractivity contribution is 5.82. The van der Waals surface area contributed by atoms with Crippen LogP contribution in [0.5, 0.6) is 0 Å². The zero-order valence-corrected chi connectivity index (χ0v) is 8.94. The zero-order valence-electron chi connectivity index (χ0n) is 8.94. The van der Waals surface area contributed by atoms with E-state index in [0.717, 1.165) is 0 Å². The number of carbonyl (C=O) groups excluding carboxylic acids is 1. The molecule has 0 heterocycles. The highest BCUT2D eigenvalue weighted by atomic mass is 16.7. The molecular weight excluding hydrogens is 204 g/mol. The van der Waals surface area contributed by atoms with E-state index in [2.05, 4.69) is 10.6 Å². The Labute approximate surface area is 87.7 Å². The molecule has 0 aromatic heterocycles. The highest BCUT2D eigenvalue weighted by Gasteiger charge is 2.14. The summed E-state index contributed by atoms with van der Waals surface area (Å²) in [5, 5.41) is 13.1. The molecule has 15 heavy (non-hydrogen) atoms. The molecule has 0 aromatic carbocycles. The molecule has 0 aliphatic heterocycles. The lowest BCUT2D eigenvalue weighted by Crippen LogP contribution is -2.46. The van der Waals surface area contributed by atoms with Gasteiger partial charge in [0.25, 0.3) is 0 Å². The van der Waals surface area contributed by atoms with E-state index in [4.69, 9.17) is 14.6 Å². The highest BCUT2D eigenvalue weighted by Crippen LogP contribution is 1.87. The molecular formula is C8H16N2O5. The number of carboxylic acids is 1. The summed E-state index contributed by atoms with van der Waals surface area (Å²) in [6.45, 7) is 1.51. The van der Waals surface area contributed by atoms with Crippen LogP contribution in [-0.2, 0) is 14.3 Å². The second kappa shape index (κ2) is 7.02. The van der Waals surface area contributed by atoms with Crippen molar-refractivity contribution in [3.8, 4) is 0 Å². The van der Waals surface area contributed by atoms with Crippen molar-refractivity contribution < 1.29 is 24.2 Å². The van der Waals surface area contributed by atoms with E-state index in [0.29, 0.717) is 0 Å². The van der Waals surface area contributed by atoms with Crippen LogP contribution in [0.25, 0.3) is 0 Å². The van der Waals surface area contributed by atoms with Gasteiger partial charge in [-0.15, -0.1) is 0 Å². The minimum Gasteiger partial charge on any atom is -0.480 e. The average Bonchev–Trinajstić information content (AvgIpc) is 2.19. The van der Waals surface area contributed by atoms with Gasteiger partial charge in [0.15, 0.2) is 6.29 Å². The summed E-state index contributed by atoms with van der Waals surface area (Å²) in [7, 11) is 2.88. The number of carbonyl (C=O) groups is 2. The fraction of sp³-hybridized carbons (Fsp3) is 0.750. The van der Waals surface area contributed by atoms with Crippen LogP contribution in [0, 0.1) is 0 Å². The topological polar surface area (TPSA) is 96.9 Å². The Morgan fingerprint density at radius 1 is 1.33 bits per heavy atom. The molecule has 7 heteroatoms. The average molecular weight is 220 g/mol. The summed E-state index contributed by atoms with van der Waals surface area (Å²) >= 11 is 0. The van der Waals surface area contributed by atoms with Gasteiger partial charge >= 0.3 is 12.0 Å². The molecule has 3 N–H and O–H groups in total. The zero-order chi connectivity index (χ0) is 11.8. The van der Waals surface area contributed by atoms with Crippen LogP contribution >= 0.6 is 0 Å². The molecule has 2 amide bonds. The quantitative estimate of drug-likeness (QED) is 0.518. The van der Waals surface area contributed by atoms with E-state index < -0.39 is 24.3 Å². The third-order valence-electron chi connectivity index (χ3n) is 1.67. The third kappa shape index (κ3) is 5.87. The lowest BCUT2D eigenvalue weighted by Gasteiger charge is -2.15. The van der Waals surface area contributed by atoms with Crippen LogP contribution in [0.15, 0.2) is 0 Å². The normalized spacial score (nSPS) is 12.3. The van der Waals surface area contributed by atoms with Crippen molar-refractivity contribution >= 4 is 12.0 Å². The maximum atomic E-state index is 11.1. The Bertz CT molecular complexity index is 217. The predicted molar refractivity (Wildman–Crippen MR) is 51.4 cm³/mol. The second-order valence-corrected chi connectivity index (χ2v) is 2.82. The van der Waals surface area contributed by atoms with E-state index >= 15 is 0 Å². The van der Waals surface area contributed by atoms with Crippen LogP contribution in [0.4, 0.5) is 4.79 Å². The number of ether oxygens (including phenoxy) is 2. The summed E-state index contributed by atoms with van der Waals surface area (Å²) in [5.41, 5.74) is 0. The van der Waals surface area contributed by atoms with Crippen molar-refractivity contribution in [1.29, 1.82) is 0 Å². The number of carboxylic acid groups (broad SMARTS) is 1. The Balaban J connectivity index is 3.79. The first-order valence-electron chi connectivity index (χ1n) is 4.34. The summed E-state index contributed by atoms with van der Waals surface area (Å²) in [4.78, 5) is 21.5. The third-order valence-corrected chi connectivity index (χ3v) is 1.67. The van der Waals surface area contributed by atoms with Crippen LogP contribution in [0.2, 0.25) is 0 Å². The number of aliphatic carboxylic acids is 1. The summed E-state index contributed by atoms with van der Waals surface area (Å²) < 4.78 is 9.64. The van der Waals surface area contributed by atoms with Gasteiger partial charge in [0, 0.05) is 14.2 Å². The van der Waals surface area contributed by atoms with Crippen LogP contribution in [0.3, 0.4) is 0 Å². The lowest BCUT2D eigenvalue weighted by molar-refractivity contribution is -0.138. The largest absolute Gasteiger partial charge is 0.480 e. The lowest BCUT2D eigenvalue weighted by atomic mass is 10.3. The van der Waals surface area contributed by atoms with Gasteiger partial charge < -0.3 is 25.2 Å². The molecule has 0 spiro atoms. The molecule has 0 aromatic rings. The van der Waals surface area contributed by atoms with Crippen molar-refractivity contribution in [2.45, 2.75) is 19.3 Å². The smallest absolute Gasteiger partial charge is 0.325 e. The van der Waals surface area contributed by atoms with Crippen LogP contribution in [0.1, 0.15) is 6.92 Å². The van der Waals surface area contributed by atoms with Gasteiger partial charge in [0.2, 0.25) is 0 Å². The van der Waals surface area contributed by atoms with E-state index in [9.17, 15) is 9.59 Å². The Hall–Kier alpha value is -1.34. The standard InChI is InChI=1S/C8H16N2O5/c1-5(7(11)12)10-8(13)9-4-6(14-2)15-3/h5-6H,4H2,1-3H3,(H,11,12)(H2,9,10,13)/t5-/m0/s1. The van der Waals surface area contributed by atoms with Crippen LogP contribution < -0.4 is 10.6 Å². The summed E-state index contributed by atoms with van der Waals surface area (Å²) in [6, 6.07) is -1.52.